The lowest BCUT2D eigenvalue weighted by Crippen LogP contribution is -2.31. The largest absolute Gasteiger partial charge is 0.496 e. The van der Waals surface area contributed by atoms with Crippen LogP contribution in [-0.2, 0) is 16.6 Å². The fraction of sp³-hybridized carbons (Fsp3) is 0.381. The molecular formula is C21H26N2O6S. The maximum absolute atomic E-state index is 13.1. The van der Waals surface area contributed by atoms with Gasteiger partial charge in [0, 0.05) is 19.6 Å². The van der Waals surface area contributed by atoms with E-state index in [9.17, 15) is 13.2 Å². The number of ether oxygens (including phenoxy) is 3. The first kappa shape index (κ1) is 21.9. The molecule has 9 heteroatoms. The molecular weight excluding hydrogens is 408 g/mol. The quantitative estimate of drug-likeness (QED) is 0.719. The third-order valence-corrected chi connectivity index (χ3v) is 6.35. The number of nitrogens with one attached hydrogen (secondary N) is 1. The Morgan fingerprint density at radius 1 is 1.13 bits per heavy atom. The monoisotopic (exact) mass is 434 g/mol. The molecule has 8 nitrogen and oxygen atoms in total. The molecule has 30 heavy (non-hydrogen) atoms. The molecule has 0 fully saturated rings. The molecule has 2 aromatic carbocycles. The highest BCUT2D eigenvalue weighted by Crippen LogP contribution is 2.32. The van der Waals surface area contributed by atoms with E-state index in [1.165, 1.54) is 36.7 Å². The number of carbonyl (C=O) groups excluding carboxylic acids is 1. The van der Waals surface area contributed by atoms with Crippen molar-refractivity contribution in [3.63, 3.8) is 0 Å². The Balaban J connectivity index is 1.86. The Hall–Kier alpha value is -2.78. The van der Waals surface area contributed by atoms with Crippen LogP contribution in [0.2, 0.25) is 0 Å². The van der Waals surface area contributed by atoms with Gasteiger partial charge in [-0.1, -0.05) is 6.07 Å². The molecule has 1 N–H and O–H groups in total. The van der Waals surface area contributed by atoms with E-state index in [0.717, 1.165) is 5.56 Å². The summed E-state index contributed by atoms with van der Waals surface area (Å²) in [6, 6.07) is 9.50. The van der Waals surface area contributed by atoms with Crippen molar-refractivity contribution in [3.8, 4) is 17.2 Å². The number of carbonyl (C=O) groups is 1. The van der Waals surface area contributed by atoms with Crippen molar-refractivity contribution in [3.05, 3.63) is 47.5 Å². The Morgan fingerprint density at radius 2 is 1.83 bits per heavy atom. The molecule has 162 valence electrons. The highest BCUT2D eigenvalue weighted by atomic mass is 32.2. The SMILES string of the molecule is COc1ccc(S(=O)(=O)N(C)Cc2ccc3c(c2)OCCO3)cc1C(=O)NC(C)C. The fourth-order valence-electron chi connectivity index (χ4n) is 3.07. The Kier molecular flexibility index (Phi) is 6.52. The van der Waals surface area contributed by atoms with Crippen LogP contribution in [-0.4, -0.2) is 52.0 Å². The van der Waals surface area contributed by atoms with Crippen molar-refractivity contribution in [1.29, 1.82) is 0 Å². The van der Waals surface area contributed by atoms with Crippen molar-refractivity contribution < 1.29 is 27.4 Å². The summed E-state index contributed by atoms with van der Waals surface area (Å²) < 4.78 is 43.8. The lowest BCUT2D eigenvalue weighted by atomic mass is 10.2. The van der Waals surface area contributed by atoms with Crippen LogP contribution in [0.4, 0.5) is 0 Å². The second kappa shape index (κ2) is 8.93. The van der Waals surface area contributed by atoms with Gasteiger partial charge in [0.05, 0.1) is 17.6 Å². The van der Waals surface area contributed by atoms with Crippen LogP contribution >= 0.6 is 0 Å². The molecule has 3 rings (SSSR count). The van der Waals surface area contributed by atoms with Gasteiger partial charge in [-0.3, -0.25) is 4.79 Å². The zero-order chi connectivity index (χ0) is 21.9. The first-order valence-corrected chi connectivity index (χ1v) is 11.0. The summed E-state index contributed by atoms with van der Waals surface area (Å²) in [6.45, 7) is 4.74. The van der Waals surface area contributed by atoms with Crippen LogP contribution in [0.3, 0.4) is 0 Å². The molecule has 0 saturated heterocycles. The van der Waals surface area contributed by atoms with Gasteiger partial charge in [-0.25, -0.2) is 8.42 Å². The number of methoxy groups -OCH3 is 1. The van der Waals surface area contributed by atoms with Gasteiger partial charge in [0.1, 0.15) is 19.0 Å². The van der Waals surface area contributed by atoms with E-state index in [1.807, 2.05) is 13.8 Å². The summed E-state index contributed by atoms with van der Waals surface area (Å²) in [4.78, 5) is 12.5. The first-order chi connectivity index (χ1) is 14.2. The van der Waals surface area contributed by atoms with Crippen molar-refractivity contribution in [1.82, 2.24) is 9.62 Å². The normalized spacial score (nSPS) is 13.4. The standard InChI is InChI=1S/C21H26N2O6S/c1-14(2)22-21(24)17-12-16(6-8-18(17)27-4)30(25,26)23(3)13-15-5-7-19-20(11-15)29-10-9-28-19/h5-8,11-12,14H,9-10,13H2,1-4H3,(H,22,24). The van der Waals surface area contributed by atoms with Crippen molar-refractivity contribution in [2.45, 2.75) is 31.3 Å². The molecule has 1 aliphatic rings. The first-order valence-electron chi connectivity index (χ1n) is 9.56. The van der Waals surface area contributed by atoms with E-state index in [2.05, 4.69) is 5.32 Å². The predicted molar refractivity (Wildman–Crippen MR) is 112 cm³/mol. The average Bonchev–Trinajstić information content (AvgIpc) is 2.72. The van der Waals surface area contributed by atoms with Crippen molar-refractivity contribution in [2.75, 3.05) is 27.4 Å². The van der Waals surface area contributed by atoms with Gasteiger partial charge in [0.25, 0.3) is 5.91 Å². The molecule has 0 radical (unpaired) electrons. The number of sulfonamides is 1. The summed E-state index contributed by atoms with van der Waals surface area (Å²) in [6.07, 6.45) is 0. The zero-order valence-corrected chi connectivity index (χ0v) is 18.3. The molecule has 0 unspecified atom stereocenters. The van der Waals surface area contributed by atoms with E-state index >= 15 is 0 Å². The summed E-state index contributed by atoms with van der Waals surface area (Å²) >= 11 is 0. The number of fused-ring (bicyclic) bond motifs is 1. The molecule has 0 atom stereocenters. The molecule has 2 aromatic rings. The summed E-state index contributed by atoms with van der Waals surface area (Å²) in [7, 11) is -0.918. The van der Waals surface area contributed by atoms with E-state index in [1.54, 1.807) is 18.2 Å². The van der Waals surface area contributed by atoms with Gasteiger partial charge in [0.2, 0.25) is 10.0 Å². The molecule has 0 spiro atoms. The van der Waals surface area contributed by atoms with Crippen molar-refractivity contribution in [2.24, 2.45) is 0 Å². The zero-order valence-electron chi connectivity index (χ0n) is 17.5. The molecule has 0 bridgehead atoms. The smallest absolute Gasteiger partial charge is 0.255 e. The van der Waals surface area contributed by atoms with E-state index < -0.39 is 15.9 Å². The Morgan fingerprint density at radius 3 is 2.50 bits per heavy atom. The van der Waals surface area contributed by atoms with Gasteiger partial charge in [-0.15, -0.1) is 0 Å². The molecule has 0 aromatic heterocycles. The summed E-state index contributed by atoms with van der Waals surface area (Å²) in [5.41, 5.74) is 0.927. The number of rotatable bonds is 7. The topological polar surface area (TPSA) is 94.2 Å². The van der Waals surface area contributed by atoms with Crippen LogP contribution in [0.5, 0.6) is 17.2 Å². The van der Waals surface area contributed by atoms with Crippen molar-refractivity contribution >= 4 is 15.9 Å². The molecule has 0 saturated carbocycles. The Labute approximate surface area is 176 Å². The number of amides is 1. The molecule has 0 aliphatic carbocycles. The average molecular weight is 435 g/mol. The Bertz CT molecular complexity index is 1040. The molecule has 1 amide bonds. The van der Waals surface area contributed by atoms with Crippen LogP contribution in [0, 0.1) is 0 Å². The van der Waals surface area contributed by atoms with Gasteiger partial charge in [-0.2, -0.15) is 4.31 Å². The highest BCUT2D eigenvalue weighted by Gasteiger charge is 2.25. The minimum absolute atomic E-state index is 0.0113. The van der Waals surface area contributed by atoms with Crippen LogP contribution in [0.15, 0.2) is 41.3 Å². The second-order valence-corrected chi connectivity index (χ2v) is 9.27. The highest BCUT2D eigenvalue weighted by molar-refractivity contribution is 7.89. The number of benzene rings is 2. The molecule has 1 heterocycles. The van der Waals surface area contributed by atoms with Crippen LogP contribution in [0.25, 0.3) is 0 Å². The maximum Gasteiger partial charge on any atom is 0.255 e. The van der Waals surface area contributed by atoms with Gasteiger partial charge in [0.15, 0.2) is 11.5 Å². The summed E-state index contributed by atoms with van der Waals surface area (Å²) in [5.74, 6) is 1.16. The van der Waals surface area contributed by atoms with Gasteiger partial charge < -0.3 is 19.5 Å². The second-order valence-electron chi connectivity index (χ2n) is 7.23. The van der Waals surface area contributed by atoms with Gasteiger partial charge >= 0.3 is 0 Å². The number of nitrogens with zero attached hydrogens (tertiary/aromatic N) is 1. The lowest BCUT2D eigenvalue weighted by Gasteiger charge is -2.21. The molecule has 1 aliphatic heterocycles. The van der Waals surface area contributed by atoms with E-state index in [4.69, 9.17) is 14.2 Å². The third-order valence-electron chi connectivity index (χ3n) is 4.56. The lowest BCUT2D eigenvalue weighted by molar-refractivity contribution is 0.0940. The fourth-order valence-corrected chi connectivity index (χ4v) is 4.26. The number of hydrogen-bond donors (Lipinski definition) is 1. The minimum atomic E-state index is -3.84. The summed E-state index contributed by atoms with van der Waals surface area (Å²) in [5, 5.41) is 2.76. The maximum atomic E-state index is 13.1. The third kappa shape index (κ3) is 4.68. The number of hydrogen-bond acceptors (Lipinski definition) is 6. The van der Waals surface area contributed by atoms with Crippen LogP contribution < -0.4 is 19.5 Å². The predicted octanol–water partition coefficient (Wildman–Crippen LogP) is 2.43. The van der Waals surface area contributed by atoms with E-state index in [-0.39, 0.29) is 23.0 Å². The van der Waals surface area contributed by atoms with Crippen LogP contribution in [0.1, 0.15) is 29.8 Å². The van der Waals surface area contributed by atoms with Gasteiger partial charge in [-0.05, 0) is 49.7 Å². The minimum Gasteiger partial charge on any atom is -0.496 e. The van der Waals surface area contributed by atoms with E-state index in [0.29, 0.717) is 30.5 Å².